The van der Waals surface area contributed by atoms with Gasteiger partial charge in [-0.3, -0.25) is 4.79 Å². The van der Waals surface area contributed by atoms with E-state index in [1.807, 2.05) is 0 Å². The molecule has 0 unspecified atom stereocenters. The van der Waals surface area contributed by atoms with E-state index in [4.69, 9.17) is 4.74 Å². The number of amides is 1. The minimum Gasteiger partial charge on any atom is -0.481 e. The van der Waals surface area contributed by atoms with Crippen molar-refractivity contribution in [1.82, 2.24) is 0 Å². The summed E-state index contributed by atoms with van der Waals surface area (Å²) in [6.07, 6.45) is 1.93. The monoisotopic (exact) mass is 264 g/mol. The molecule has 18 heavy (non-hydrogen) atoms. The van der Waals surface area contributed by atoms with Gasteiger partial charge in [0.25, 0.3) is 5.91 Å². The summed E-state index contributed by atoms with van der Waals surface area (Å²) in [4.78, 5) is 17.2. The van der Waals surface area contributed by atoms with Gasteiger partial charge >= 0.3 is 0 Å². The Kier molecular flexibility index (Phi) is 2.61. The molecule has 1 saturated carbocycles. The number of carbonyl (C=O) groups is 1. The number of thiocarbonyl (C=S) groups is 1. The van der Waals surface area contributed by atoms with E-state index in [0.29, 0.717) is 11.4 Å². The largest absolute Gasteiger partial charge is 0.481 e. The molecule has 1 heterocycles. The summed E-state index contributed by atoms with van der Waals surface area (Å²) in [5, 5.41) is 2.13. The Hall–Kier alpha value is -1.78. The molecule has 1 aromatic rings. The molecule has 0 aromatic heterocycles. The summed E-state index contributed by atoms with van der Waals surface area (Å²) in [7, 11) is 0. The molecule has 0 saturated heterocycles. The van der Waals surface area contributed by atoms with Crippen LogP contribution in [0.25, 0.3) is 0 Å². The second kappa shape index (κ2) is 4.15. The van der Waals surface area contributed by atoms with Crippen LogP contribution in [0.2, 0.25) is 0 Å². The number of aliphatic imine (C=N–C) groups is 1. The van der Waals surface area contributed by atoms with Crippen LogP contribution in [0.15, 0.2) is 17.1 Å². The predicted octanol–water partition coefficient (Wildman–Crippen LogP) is 2.45. The Morgan fingerprint density at radius 3 is 2.94 bits per heavy atom. The standard InChI is InChI=1S/C12H9FN2O2S/c13-8-3-11-10(4-9(8)14-6-18)15(7-1-2-7)12(16)5-17-11/h3-4,7H,1-2,5H2. The number of rotatable bonds is 2. The number of benzene rings is 1. The van der Waals surface area contributed by atoms with Crippen LogP contribution >= 0.6 is 12.2 Å². The predicted molar refractivity (Wildman–Crippen MR) is 67.1 cm³/mol. The number of hydrogen-bond donors (Lipinski definition) is 0. The van der Waals surface area contributed by atoms with Crippen LogP contribution in [0, 0.1) is 5.82 Å². The van der Waals surface area contributed by atoms with Crippen molar-refractivity contribution in [3.05, 3.63) is 17.9 Å². The fourth-order valence-electron chi connectivity index (χ4n) is 2.05. The van der Waals surface area contributed by atoms with Crippen molar-refractivity contribution in [3.8, 4) is 5.75 Å². The van der Waals surface area contributed by atoms with Crippen molar-refractivity contribution in [3.63, 3.8) is 0 Å². The third-order valence-corrected chi connectivity index (χ3v) is 3.08. The van der Waals surface area contributed by atoms with Crippen molar-refractivity contribution in [2.75, 3.05) is 11.5 Å². The highest BCUT2D eigenvalue weighted by Gasteiger charge is 2.38. The number of isothiocyanates is 1. The number of carbonyl (C=O) groups excluding carboxylic acids is 1. The van der Waals surface area contributed by atoms with E-state index in [9.17, 15) is 9.18 Å². The van der Waals surface area contributed by atoms with Gasteiger partial charge < -0.3 is 9.64 Å². The Morgan fingerprint density at radius 1 is 1.50 bits per heavy atom. The van der Waals surface area contributed by atoms with Crippen LogP contribution in [0.1, 0.15) is 12.8 Å². The van der Waals surface area contributed by atoms with Gasteiger partial charge in [0.2, 0.25) is 0 Å². The number of nitrogens with zero attached hydrogens (tertiary/aromatic N) is 2. The molecule has 1 fully saturated rings. The summed E-state index contributed by atoms with van der Waals surface area (Å²) < 4.78 is 18.9. The van der Waals surface area contributed by atoms with Gasteiger partial charge in [0, 0.05) is 12.1 Å². The maximum atomic E-state index is 13.6. The highest BCUT2D eigenvalue weighted by atomic mass is 32.1. The molecule has 0 spiro atoms. The van der Waals surface area contributed by atoms with Crippen molar-refractivity contribution in [1.29, 1.82) is 0 Å². The molecule has 4 nitrogen and oxygen atoms in total. The average molecular weight is 264 g/mol. The minimum absolute atomic E-state index is 0.0429. The summed E-state index contributed by atoms with van der Waals surface area (Å²) >= 11 is 4.47. The van der Waals surface area contributed by atoms with Gasteiger partial charge in [-0.05, 0) is 31.1 Å². The van der Waals surface area contributed by atoms with E-state index in [2.05, 4.69) is 22.4 Å². The number of ether oxygens (including phenoxy) is 1. The zero-order chi connectivity index (χ0) is 12.7. The van der Waals surface area contributed by atoms with Gasteiger partial charge in [0.05, 0.1) is 10.8 Å². The van der Waals surface area contributed by atoms with Gasteiger partial charge in [-0.15, -0.1) is 0 Å². The van der Waals surface area contributed by atoms with Crippen LogP contribution < -0.4 is 9.64 Å². The Labute approximate surface area is 108 Å². The lowest BCUT2D eigenvalue weighted by Gasteiger charge is -2.29. The highest BCUT2D eigenvalue weighted by molar-refractivity contribution is 7.78. The molecule has 0 bridgehead atoms. The fourth-order valence-corrected chi connectivity index (χ4v) is 2.15. The molecule has 0 N–H and O–H groups in total. The number of anilines is 1. The van der Waals surface area contributed by atoms with E-state index in [-0.39, 0.29) is 24.2 Å². The molecule has 1 aliphatic heterocycles. The van der Waals surface area contributed by atoms with Crippen LogP contribution in [0.4, 0.5) is 15.8 Å². The average Bonchev–Trinajstić information content (AvgIpc) is 3.15. The fraction of sp³-hybridized carbons (Fsp3) is 0.333. The Bertz CT molecular complexity index is 580. The van der Waals surface area contributed by atoms with Crippen LogP contribution in [0.5, 0.6) is 5.75 Å². The molecule has 0 atom stereocenters. The lowest BCUT2D eigenvalue weighted by Crippen LogP contribution is -2.40. The summed E-state index contributed by atoms with van der Waals surface area (Å²) in [6, 6.07) is 2.93. The lowest BCUT2D eigenvalue weighted by atomic mass is 10.2. The van der Waals surface area contributed by atoms with E-state index in [1.54, 1.807) is 4.90 Å². The molecule has 1 aliphatic carbocycles. The Balaban J connectivity index is 2.12. The molecule has 2 aliphatic rings. The van der Waals surface area contributed by atoms with E-state index in [1.165, 1.54) is 12.1 Å². The first-order valence-electron chi connectivity index (χ1n) is 5.57. The molecular weight excluding hydrogens is 255 g/mol. The first-order chi connectivity index (χ1) is 8.70. The summed E-state index contributed by atoms with van der Waals surface area (Å²) in [5.74, 6) is -0.257. The van der Waals surface area contributed by atoms with Gasteiger partial charge in [0.15, 0.2) is 12.4 Å². The first-order valence-corrected chi connectivity index (χ1v) is 5.98. The maximum absolute atomic E-state index is 13.6. The zero-order valence-electron chi connectivity index (χ0n) is 9.35. The van der Waals surface area contributed by atoms with Gasteiger partial charge in [-0.1, -0.05) is 0 Å². The smallest absolute Gasteiger partial charge is 0.265 e. The van der Waals surface area contributed by atoms with Crippen LogP contribution in [-0.2, 0) is 4.79 Å². The SMILES string of the molecule is O=C1COc2cc(F)c(N=C=S)cc2N1C1CC1. The lowest BCUT2D eigenvalue weighted by molar-refractivity contribution is -0.121. The molecular formula is C12H9FN2O2S. The van der Waals surface area contributed by atoms with Gasteiger partial charge in [-0.2, -0.15) is 4.99 Å². The molecule has 3 rings (SSSR count). The summed E-state index contributed by atoms with van der Waals surface area (Å²) in [5.41, 5.74) is 0.645. The normalized spacial score (nSPS) is 17.8. The molecule has 1 amide bonds. The van der Waals surface area contributed by atoms with Gasteiger partial charge in [0.1, 0.15) is 11.4 Å². The number of hydrogen-bond acceptors (Lipinski definition) is 4. The molecule has 92 valence electrons. The maximum Gasteiger partial charge on any atom is 0.265 e. The molecule has 0 radical (unpaired) electrons. The topological polar surface area (TPSA) is 41.9 Å². The summed E-state index contributed by atoms with van der Waals surface area (Å²) in [6.45, 7) is -0.0429. The van der Waals surface area contributed by atoms with Crippen LogP contribution in [-0.4, -0.2) is 23.7 Å². The van der Waals surface area contributed by atoms with E-state index in [0.717, 1.165) is 12.8 Å². The Morgan fingerprint density at radius 2 is 2.28 bits per heavy atom. The van der Waals surface area contributed by atoms with Crippen molar-refractivity contribution >= 4 is 34.7 Å². The zero-order valence-corrected chi connectivity index (χ0v) is 10.2. The van der Waals surface area contributed by atoms with Gasteiger partial charge in [-0.25, -0.2) is 4.39 Å². The van der Waals surface area contributed by atoms with Crippen molar-refractivity contribution < 1.29 is 13.9 Å². The minimum atomic E-state index is -0.531. The molecule has 6 heteroatoms. The van der Waals surface area contributed by atoms with E-state index < -0.39 is 5.82 Å². The number of halogens is 1. The third kappa shape index (κ3) is 1.79. The van der Waals surface area contributed by atoms with Crippen molar-refractivity contribution in [2.24, 2.45) is 4.99 Å². The second-order valence-electron chi connectivity index (χ2n) is 4.26. The quantitative estimate of drug-likeness (QED) is 0.608. The number of fused-ring (bicyclic) bond motifs is 1. The van der Waals surface area contributed by atoms with Crippen LogP contribution in [0.3, 0.4) is 0 Å². The first kappa shape index (κ1) is 11.3. The highest BCUT2D eigenvalue weighted by Crippen LogP contribution is 2.42. The third-order valence-electron chi connectivity index (χ3n) is 2.99. The van der Waals surface area contributed by atoms with E-state index >= 15 is 0 Å². The second-order valence-corrected chi connectivity index (χ2v) is 4.44. The molecule has 1 aromatic carbocycles. The van der Waals surface area contributed by atoms with Crippen molar-refractivity contribution in [2.45, 2.75) is 18.9 Å².